The summed E-state index contributed by atoms with van der Waals surface area (Å²) in [5, 5.41) is 9.41. The topological polar surface area (TPSA) is 57.6 Å². The van der Waals surface area contributed by atoms with Crippen LogP contribution in [0.1, 0.15) is 36.5 Å². The third kappa shape index (κ3) is 2.66. The Kier molecular flexibility index (Phi) is 4.06. The molecule has 1 atom stereocenters. The number of amides is 1. The number of hydrogen-bond donors (Lipinski definition) is 1. The number of carboxylic acid groups (broad SMARTS) is 1. The first kappa shape index (κ1) is 14.5. The van der Waals surface area contributed by atoms with Crippen LogP contribution in [0.15, 0.2) is 24.3 Å². The van der Waals surface area contributed by atoms with E-state index in [1.807, 2.05) is 6.92 Å². The molecule has 1 aromatic rings. The second kappa shape index (κ2) is 5.61. The summed E-state index contributed by atoms with van der Waals surface area (Å²) in [5.74, 6) is -1.47. The van der Waals surface area contributed by atoms with Gasteiger partial charge in [-0.25, -0.2) is 4.39 Å². The van der Waals surface area contributed by atoms with Crippen molar-refractivity contribution < 1.29 is 19.1 Å². The van der Waals surface area contributed by atoms with Gasteiger partial charge < -0.3 is 10.0 Å². The minimum Gasteiger partial charge on any atom is -0.481 e. The molecule has 1 aliphatic heterocycles. The van der Waals surface area contributed by atoms with Crippen LogP contribution in [-0.2, 0) is 4.79 Å². The van der Waals surface area contributed by atoms with E-state index in [0.29, 0.717) is 24.9 Å². The second-order valence-electron chi connectivity index (χ2n) is 5.32. The average molecular weight is 279 g/mol. The van der Waals surface area contributed by atoms with Crippen molar-refractivity contribution in [3.63, 3.8) is 0 Å². The summed E-state index contributed by atoms with van der Waals surface area (Å²) in [7, 11) is 0. The van der Waals surface area contributed by atoms with Crippen LogP contribution in [0.5, 0.6) is 0 Å². The molecule has 0 spiro atoms. The molecule has 0 radical (unpaired) electrons. The Morgan fingerprint density at radius 3 is 2.55 bits per heavy atom. The van der Waals surface area contributed by atoms with E-state index in [1.54, 1.807) is 4.90 Å². The number of hydrogen-bond acceptors (Lipinski definition) is 2. The molecule has 1 saturated heterocycles. The first-order valence-corrected chi connectivity index (χ1v) is 6.77. The van der Waals surface area contributed by atoms with Crippen molar-refractivity contribution >= 4 is 11.9 Å². The van der Waals surface area contributed by atoms with E-state index in [4.69, 9.17) is 0 Å². The number of likely N-dealkylation sites (tertiary alicyclic amines) is 1. The summed E-state index contributed by atoms with van der Waals surface area (Å²) < 4.78 is 12.9. The lowest BCUT2D eigenvalue weighted by molar-refractivity contribution is -0.148. The molecule has 1 heterocycles. The molecular formula is C15H18FNO3. The molecule has 5 heteroatoms. The summed E-state index contributed by atoms with van der Waals surface area (Å²) in [5.41, 5.74) is -0.436. The molecule has 1 amide bonds. The molecule has 1 N–H and O–H groups in total. The number of carbonyl (C=O) groups excluding carboxylic acids is 1. The maximum Gasteiger partial charge on any atom is 0.311 e. The molecule has 1 unspecified atom stereocenters. The van der Waals surface area contributed by atoms with Gasteiger partial charge in [0.25, 0.3) is 5.91 Å². The highest BCUT2D eigenvalue weighted by molar-refractivity contribution is 5.95. The molecule has 0 aliphatic carbocycles. The second-order valence-corrected chi connectivity index (χ2v) is 5.32. The van der Waals surface area contributed by atoms with Gasteiger partial charge in [0, 0.05) is 18.7 Å². The largest absolute Gasteiger partial charge is 0.481 e. The van der Waals surface area contributed by atoms with Crippen molar-refractivity contribution in [3.05, 3.63) is 35.6 Å². The highest BCUT2D eigenvalue weighted by atomic mass is 19.1. The highest BCUT2D eigenvalue weighted by Gasteiger charge is 2.45. The lowest BCUT2D eigenvalue weighted by Gasteiger charge is -2.24. The summed E-state index contributed by atoms with van der Waals surface area (Å²) >= 11 is 0. The van der Waals surface area contributed by atoms with E-state index in [2.05, 4.69) is 0 Å². The van der Waals surface area contributed by atoms with Gasteiger partial charge in [0.05, 0.1) is 5.41 Å². The Morgan fingerprint density at radius 1 is 1.35 bits per heavy atom. The third-order valence-corrected chi connectivity index (χ3v) is 3.91. The summed E-state index contributed by atoms with van der Waals surface area (Å²) in [6, 6.07) is 5.33. The van der Waals surface area contributed by atoms with Gasteiger partial charge in [-0.05, 0) is 37.1 Å². The van der Waals surface area contributed by atoms with E-state index < -0.39 is 17.2 Å². The first-order chi connectivity index (χ1) is 9.48. The number of nitrogens with zero attached hydrogens (tertiary/aromatic N) is 1. The molecule has 0 aromatic heterocycles. The van der Waals surface area contributed by atoms with Gasteiger partial charge in [0.15, 0.2) is 0 Å². The fraction of sp³-hybridized carbons (Fsp3) is 0.467. The van der Waals surface area contributed by atoms with Crippen molar-refractivity contribution in [1.82, 2.24) is 4.90 Å². The summed E-state index contributed by atoms with van der Waals surface area (Å²) in [6.07, 6.45) is 1.81. The van der Waals surface area contributed by atoms with Gasteiger partial charge in [0.1, 0.15) is 5.82 Å². The van der Waals surface area contributed by atoms with Crippen molar-refractivity contribution in [2.24, 2.45) is 5.41 Å². The molecule has 4 nitrogen and oxygen atoms in total. The molecule has 1 aliphatic rings. The van der Waals surface area contributed by atoms with E-state index in [0.717, 1.165) is 6.42 Å². The maximum absolute atomic E-state index is 12.9. The van der Waals surface area contributed by atoms with Crippen LogP contribution in [0.4, 0.5) is 4.39 Å². The van der Waals surface area contributed by atoms with E-state index in [9.17, 15) is 19.1 Å². The van der Waals surface area contributed by atoms with Gasteiger partial charge in [-0.15, -0.1) is 0 Å². The van der Waals surface area contributed by atoms with Gasteiger partial charge in [-0.1, -0.05) is 13.3 Å². The monoisotopic (exact) mass is 279 g/mol. The van der Waals surface area contributed by atoms with Gasteiger partial charge >= 0.3 is 5.97 Å². The van der Waals surface area contributed by atoms with Crippen LogP contribution < -0.4 is 0 Å². The van der Waals surface area contributed by atoms with Crippen LogP contribution in [0.25, 0.3) is 0 Å². The number of carbonyl (C=O) groups is 2. The van der Waals surface area contributed by atoms with Gasteiger partial charge in [0.2, 0.25) is 0 Å². The number of carboxylic acids is 1. The van der Waals surface area contributed by atoms with E-state index >= 15 is 0 Å². The number of halogens is 1. The highest BCUT2D eigenvalue weighted by Crippen LogP contribution is 2.36. The predicted molar refractivity (Wildman–Crippen MR) is 71.9 cm³/mol. The zero-order chi connectivity index (χ0) is 14.8. The molecule has 0 saturated carbocycles. The fourth-order valence-electron chi connectivity index (χ4n) is 2.78. The van der Waals surface area contributed by atoms with Crippen molar-refractivity contribution in [3.8, 4) is 0 Å². The summed E-state index contributed by atoms with van der Waals surface area (Å²) in [6.45, 7) is 2.60. The number of benzene rings is 1. The van der Waals surface area contributed by atoms with Crippen molar-refractivity contribution in [1.29, 1.82) is 0 Å². The fourth-order valence-corrected chi connectivity index (χ4v) is 2.78. The third-order valence-electron chi connectivity index (χ3n) is 3.91. The Balaban J connectivity index is 2.14. The molecule has 0 bridgehead atoms. The first-order valence-electron chi connectivity index (χ1n) is 6.77. The zero-order valence-electron chi connectivity index (χ0n) is 11.4. The smallest absolute Gasteiger partial charge is 0.311 e. The van der Waals surface area contributed by atoms with Crippen molar-refractivity contribution in [2.45, 2.75) is 26.2 Å². The SMILES string of the molecule is CCCC1(C(=O)O)CCN(C(=O)c2ccc(F)cc2)C1. The molecule has 1 aromatic carbocycles. The quantitative estimate of drug-likeness (QED) is 0.921. The minimum absolute atomic E-state index is 0.229. The molecule has 2 rings (SSSR count). The van der Waals surface area contributed by atoms with Crippen molar-refractivity contribution in [2.75, 3.05) is 13.1 Å². The van der Waals surface area contributed by atoms with Crippen LogP contribution in [0, 0.1) is 11.2 Å². The maximum atomic E-state index is 12.9. The van der Waals surface area contributed by atoms with Crippen LogP contribution in [-0.4, -0.2) is 35.0 Å². The standard InChI is InChI=1S/C15H18FNO3/c1-2-7-15(14(19)20)8-9-17(10-15)13(18)11-3-5-12(16)6-4-11/h3-6H,2,7-10H2,1H3,(H,19,20). The lowest BCUT2D eigenvalue weighted by atomic mass is 9.83. The Morgan fingerprint density at radius 2 is 2.00 bits per heavy atom. The normalized spacial score (nSPS) is 22.0. The Bertz CT molecular complexity index is 514. The molecule has 1 fully saturated rings. The van der Waals surface area contributed by atoms with Crippen LogP contribution in [0.3, 0.4) is 0 Å². The number of rotatable bonds is 4. The Labute approximate surface area is 117 Å². The molecule has 108 valence electrons. The molecular weight excluding hydrogens is 261 g/mol. The lowest BCUT2D eigenvalue weighted by Crippen LogP contribution is -2.36. The average Bonchev–Trinajstić information content (AvgIpc) is 2.85. The number of aliphatic carboxylic acids is 1. The van der Waals surface area contributed by atoms with E-state index in [-0.39, 0.29) is 12.5 Å². The minimum atomic E-state index is -0.839. The zero-order valence-corrected chi connectivity index (χ0v) is 11.4. The van der Waals surface area contributed by atoms with Gasteiger partial charge in [-0.2, -0.15) is 0 Å². The van der Waals surface area contributed by atoms with Crippen LogP contribution >= 0.6 is 0 Å². The predicted octanol–water partition coefficient (Wildman–Crippen LogP) is 2.54. The van der Waals surface area contributed by atoms with E-state index in [1.165, 1.54) is 24.3 Å². The molecule has 20 heavy (non-hydrogen) atoms. The summed E-state index contributed by atoms with van der Waals surface area (Å²) in [4.78, 5) is 25.3. The van der Waals surface area contributed by atoms with Gasteiger partial charge in [-0.3, -0.25) is 9.59 Å². The van der Waals surface area contributed by atoms with Crippen LogP contribution in [0.2, 0.25) is 0 Å². The Hall–Kier alpha value is -1.91.